The van der Waals surface area contributed by atoms with Crippen molar-refractivity contribution in [1.82, 2.24) is 0 Å². The molecule has 0 saturated heterocycles. The van der Waals surface area contributed by atoms with Crippen LogP contribution < -0.4 is 0 Å². The second-order valence-corrected chi connectivity index (χ2v) is 10.1. The first-order chi connectivity index (χ1) is 17.3. The second kappa shape index (κ2) is 12.8. The van der Waals surface area contributed by atoms with E-state index in [1.807, 2.05) is 20.8 Å². The molecule has 0 fully saturated rings. The summed E-state index contributed by atoms with van der Waals surface area (Å²) in [7, 11) is 0. The second-order valence-electron chi connectivity index (χ2n) is 10.1. The van der Waals surface area contributed by atoms with E-state index < -0.39 is 17.4 Å². The van der Waals surface area contributed by atoms with Crippen LogP contribution in [0.15, 0.2) is 42.5 Å². The zero-order valence-electron chi connectivity index (χ0n) is 22.8. The number of fused-ring (bicyclic) bond motifs is 3. The molecule has 0 heterocycles. The molecule has 0 aromatic heterocycles. The molecule has 0 aliphatic heterocycles. The van der Waals surface area contributed by atoms with Crippen LogP contribution >= 0.6 is 0 Å². The summed E-state index contributed by atoms with van der Waals surface area (Å²) in [6, 6.07) is 15.5. The molecule has 2 aromatic carbocycles. The third-order valence-corrected chi connectivity index (χ3v) is 7.63. The van der Waals surface area contributed by atoms with Crippen molar-refractivity contribution in [1.29, 1.82) is 0 Å². The molecule has 0 saturated carbocycles. The Morgan fingerprint density at radius 3 is 2.14 bits per heavy atom. The van der Waals surface area contributed by atoms with Gasteiger partial charge in [-0.3, -0.25) is 4.79 Å². The molecule has 2 aromatic rings. The first kappa shape index (κ1) is 28.4. The van der Waals surface area contributed by atoms with Gasteiger partial charge in [0.25, 0.3) is 5.97 Å². The van der Waals surface area contributed by atoms with E-state index in [0.29, 0.717) is 32.2 Å². The highest BCUT2D eigenvalue weighted by Gasteiger charge is 2.57. The molecule has 1 aliphatic carbocycles. The largest absolute Gasteiger partial charge is 0.481 e. The number of carbonyl (C=O) groups is 1. The van der Waals surface area contributed by atoms with Crippen LogP contribution in [0.5, 0.6) is 0 Å². The molecule has 1 N–H and O–H groups in total. The lowest BCUT2D eigenvalue weighted by Gasteiger charge is -2.43. The number of aliphatic carboxylic acids is 1. The topological polar surface area (TPSA) is 65.0 Å². The van der Waals surface area contributed by atoms with Crippen LogP contribution in [0.1, 0.15) is 95.8 Å². The number of hydrogen-bond donors (Lipinski definition) is 1. The molecule has 2 atom stereocenters. The Kier molecular flexibility index (Phi) is 10.1. The van der Waals surface area contributed by atoms with Crippen LogP contribution in [0.2, 0.25) is 0 Å². The molecule has 0 radical (unpaired) electrons. The van der Waals surface area contributed by atoms with E-state index in [0.717, 1.165) is 38.5 Å². The van der Waals surface area contributed by atoms with Gasteiger partial charge in [0.1, 0.15) is 5.41 Å². The first-order valence-electron chi connectivity index (χ1n) is 13.7. The SMILES string of the molecule is CCOC(OCC)(OCC)C(C)(CCCCCCC(C)c1cccc2c1Cc1ccccc1-2)C(=O)O. The number of benzene rings is 2. The molecule has 0 spiro atoms. The molecule has 5 nitrogen and oxygen atoms in total. The number of carboxylic acid groups (broad SMARTS) is 1. The standard InChI is InChI=1S/C31H44O5/c1-6-34-31(35-7-2,36-8-3)30(5,29(32)33)21-14-10-9-11-16-23(4)25-19-15-20-27-26-18-13-12-17-24(26)22-28(25)27/h12-13,15,17-20,23H,6-11,14,16,21-22H2,1-5H3,(H,32,33). The lowest BCUT2D eigenvalue weighted by Crippen LogP contribution is -2.57. The minimum Gasteiger partial charge on any atom is -0.481 e. The van der Waals surface area contributed by atoms with Gasteiger partial charge in [-0.25, -0.2) is 0 Å². The van der Waals surface area contributed by atoms with Crippen LogP contribution in [0.25, 0.3) is 11.1 Å². The molecular weight excluding hydrogens is 452 g/mol. The molecule has 0 amide bonds. The van der Waals surface area contributed by atoms with E-state index in [-0.39, 0.29) is 0 Å². The summed E-state index contributed by atoms with van der Waals surface area (Å²) in [6.07, 6.45) is 6.53. The summed E-state index contributed by atoms with van der Waals surface area (Å²) in [5, 5.41) is 10.2. The Morgan fingerprint density at radius 1 is 0.889 bits per heavy atom. The van der Waals surface area contributed by atoms with Gasteiger partial charge in [0, 0.05) is 19.8 Å². The number of hydrogen-bond acceptors (Lipinski definition) is 4. The Hall–Kier alpha value is -2.21. The molecule has 2 unspecified atom stereocenters. The fraction of sp³-hybridized carbons (Fsp3) is 0.581. The van der Waals surface area contributed by atoms with E-state index >= 15 is 0 Å². The molecule has 36 heavy (non-hydrogen) atoms. The monoisotopic (exact) mass is 496 g/mol. The van der Waals surface area contributed by atoms with Gasteiger partial charge in [0.05, 0.1) is 0 Å². The molecular formula is C31H44O5. The highest BCUT2D eigenvalue weighted by atomic mass is 16.9. The summed E-state index contributed by atoms with van der Waals surface area (Å²) in [4.78, 5) is 12.4. The van der Waals surface area contributed by atoms with Gasteiger partial charge in [-0.2, -0.15) is 0 Å². The fourth-order valence-corrected chi connectivity index (χ4v) is 5.65. The van der Waals surface area contributed by atoms with Gasteiger partial charge in [-0.05, 0) is 80.7 Å². The van der Waals surface area contributed by atoms with Crippen LogP contribution in [0.3, 0.4) is 0 Å². The van der Waals surface area contributed by atoms with Crippen molar-refractivity contribution in [2.45, 2.75) is 91.5 Å². The van der Waals surface area contributed by atoms with Crippen LogP contribution in [0.4, 0.5) is 0 Å². The van der Waals surface area contributed by atoms with Crippen molar-refractivity contribution in [3.63, 3.8) is 0 Å². The number of unbranched alkanes of at least 4 members (excludes halogenated alkanes) is 3. The van der Waals surface area contributed by atoms with Crippen LogP contribution in [-0.2, 0) is 25.4 Å². The summed E-state index contributed by atoms with van der Waals surface area (Å²) >= 11 is 0. The van der Waals surface area contributed by atoms with Crippen molar-refractivity contribution >= 4 is 5.97 Å². The Labute approximate surface area is 217 Å². The normalized spacial score (nSPS) is 15.2. The average molecular weight is 497 g/mol. The maximum absolute atomic E-state index is 12.4. The Balaban J connectivity index is 1.54. The van der Waals surface area contributed by atoms with Crippen molar-refractivity contribution in [2.75, 3.05) is 19.8 Å². The maximum atomic E-state index is 12.4. The van der Waals surface area contributed by atoms with Crippen molar-refractivity contribution in [3.8, 4) is 11.1 Å². The van der Waals surface area contributed by atoms with Gasteiger partial charge in [-0.1, -0.05) is 75.1 Å². The first-order valence-corrected chi connectivity index (χ1v) is 13.7. The number of rotatable bonds is 16. The molecule has 0 bridgehead atoms. The minimum absolute atomic E-state index is 0.315. The zero-order valence-corrected chi connectivity index (χ0v) is 22.8. The minimum atomic E-state index is -1.57. The highest BCUT2D eigenvalue weighted by Crippen LogP contribution is 2.43. The van der Waals surface area contributed by atoms with Gasteiger partial charge < -0.3 is 19.3 Å². The maximum Gasteiger partial charge on any atom is 0.317 e. The summed E-state index contributed by atoms with van der Waals surface area (Å²) < 4.78 is 17.5. The number of ether oxygens (including phenoxy) is 3. The van der Waals surface area contributed by atoms with Crippen molar-refractivity contribution < 1.29 is 24.1 Å². The quantitative estimate of drug-likeness (QED) is 0.164. The zero-order chi connectivity index (χ0) is 26.2. The van der Waals surface area contributed by atoms with Crippen LogP contribution in [-0.4, -0.2) is 36.9 Å². The summed E-state index contributed by atoms with van der Waals surface area (Å²) in [5.41, 5.74) is 5.87. The lowest BCUT2D eigenvalue weighted by molar-refractivity contribution is -0.419. The highest BCUT2D eigenvalue weighted by molar-refractivity contribution is 5.78. The van der Waals surface area contributed by atoms with Gasteiger partial charge in [0.15, 0.2) is 0 Å². The van der Waals surface area contributed by atoms with Crippen LogP contribution in [0, 0.1) is 5.41 Å². The fourth-order valence-electron chi connectivity index (χ4n) is 5.65. The van der Waals surface area contributed by atoms with Crippen molar-refractivity contribution in [3.05, 3.63) is 59.2 Å². The molecule has 3 rings (SSSR count). The van der Waals surface area contributed by atoms with Gasteiger partial charge in [0.2, 0.25) is 0 Å². The number of carboxylic acids is 1. The predicted molar refractivity (Wildman–Crippen MR) is 144 cm³/mol. The van der Waals surface area contributed by atoms with Gasteiger partial charge in [-0.15, -0.1) is 0 Å². The third-order valence-electron chi connectivity index (χ3n) is 7.63. The predicted octanol–water partition coefficient (Wildman–Crippen LogP) is 7.56. The Morgan fingerprint density at radius 2 is 1.50 bits per heavy atom. The summed E-state index contributed by atoms with van der Waals surface area (Å²) in [5.74, 6) is -2.03. The van der Waals surface area contributed by atoms with E-state index in [2.05, 4.69) is 49.4 Å². The third kappa shape index (κ3) is 5.85. The smallest absolute Gasteiger partial charge is 0.317 e. The van der Waals surface area contributed by atoms with Crippen molar-refractivity contribution in [2.24, 2.45) is 5.41 Å². The Bertz CT molecular complexity index is 983. The van der Waals surface area contributed by atoms with E-state index in [1.165, 1.54) is 27.8 Å². The van der Waals surface area contributed by atoms with E-state index in [9.17, 15) is 9.90 Å². The molecule has 198 valence electrons. The van der Waals surface area contributed by atoms with E-state index in [1.54, 1.807) is 6.92 Å². The molecule has 5 heteroatoms. The van der Waals surface area contributed by atoms with Gasteiger partial charge >= 0.3 is 5.97 Å². The van der Waals surface area contributed by atoms with E-state index in [4.69, 9.17) is 14.2 Å². The lowest BCUT2D eigenvalue weighted by atomic mass is 9.81. The molecule has 1 aliphatic rings. The summed E-state index contributed by atoms with van der Waals surface area (Å²) in [6.45, 7) is 10.5. The average Bonchev–Trinajstić information content (AvgIpc) is 3.25.